The lowest BCUT2D eigenvalue weighted by atomic mass is 10.1. The summed E-state index contributed by atoms with van der Waals surface area (Å²) >= 11 is 0. The molecule has 0 aliphatic heterocycles. The predicted octanol–water partition coefficient (Wildman–Crippen LogP) is 5.00. The van der Waals surface area contributed by atoms with Crippen molar-refractivity contribution < 1.29 is 0 Å². The molecule has 0 N–H and O–H groups in total. The quantitative estimate of drug-likeness (QED) is 0.426. The Kier molecular flexibility index (Phi) is 7.04. The molecule has 0 spiro atoms. The molecule has 0 unspecified atom stereocenters. The van der Waals surface area contributed by atoms with E-state index in [1.54, 1.807) is 0 Å². The molecule has 1 aromatic rings. The van der Waals surface area contributed by atoms with Gasteiger partial charge in [-0.15, -0.1) is 0 Å². The molecule has 0 atom stereocenters. The van der Waals surface area contributed by atoms with E-state index in [-0.39, 0.29) is 0 Å². The van der Waals surface area contributed by atoms with Crippen LogP contribution in [0.3, 0.4) is 0 Å². The lowest BCUT2D eigenvalue weighted by Crippen LogP contribution is -2.46. The molecule has 0 radical (unpaired) electrons. The Hall–Kier alpha value is -0.820. The second kappa shape index (κ2) is 8.31. The van der Waals surface area contributed by atoms with Crippen LogP contribution in [0, 0.1) is 0 Å². The van der Waals surface area contributed by atoms with E-state index in [0.29, 0.717) is 0 Å². The summed E-state index contributed by atoms with van der Waals surface area (Å²) in [7, 11) is 2.40. The Balaban J connectivity index is 2.67. The van der Waals surface area contributed by atoms with Gasteiger partial charge in [-0.05, 0) is 37.8 Å². The molecule has 1 heteroatoms. The number of rotatable bonds is 9. The third-order valence-corrected chi connectivity index (χ3v) is 3.89. The lowest BCUT2D eigenvalue weighted by Gasteiger charge is -2.34. The van der Waals surface area contributed by atoms with E-state index >= 15 is 0 Å². The maximum absolute atomic E-state index is 2.40. The zero-order chi connectivity index (χ0) is 13.3. The van der Waals surface area contributed by atoms with Gasteiger partial charge in [0.2, 0.25) is 0 Å². The van der Waals surface area contributed by atoms with E-state index in [1.807, 2.05) is 0 Å². The number of unbranched alkanes of at least 4 members (excludes halogenated alkanes) is 4. The van der Waals surface area contributed by atoms with Gasteiger partial charge in [-0.3, -0.25) is 4.48 Å². The summed E-state index contributed by atoms with van der Waals surface area (Å²) in [5.74, 6) is 0. The van der Waals surface area contributed by atoms with Crippen LogP contribution in [0.2, 0.25) is 0 Å². The van der Waals surface area contributed by atoms with Gasteiger partial charge in [0.15, 0.2) is 0 Å². The Labute approximate surface area is 113 Å². The van der Waals surface area contributed by atoms with E-state index in [9.17, 15) is 0 Å². The minimum atomic E-state index is 1.11. The molecule has 0 amide bonds. The molecule has 1 aromatic carbocycles. The van der Waals surface area contributed by atoms with Crippen molar-refractivity contribution in [3.05, 3.63) is 30.3 Å². The summed E-state index contributed by atoms with van der Waals surface area (Å²) in [5.41, 5.74) is 1.48. The molecule has 0 heterocycles. The normalized spacial score (nSPS) is 11.7. The number of benzene rings is 1. The molecule has 1 rings (SSSR count). The van der Waals surface area contributed by atoms with Crippen molar-refractivity contribution in [3.63, 3.8) is 0 Å². The van der Waals surface area contributed by atoms with Crippen LogP contribution in [0.5, 0.6) is 0 Å². The predicted molar refractivity (Wildman–Crippen MR) is 82.9 cm³/mol. The summed E-state index contributed by atoms with van der Waals surface area (Å²) in [5, 5.41) is 0. The zero-order valence-electron chi connectivity index (χ0n) is 12.5. The first-order chi connectivity index (χ1) is 8.73. The Morgan fingerprint density at radius 3 is 1.72 bits per heavy atom. The fourth-order valence-electron chi connectivity index (χ4n) is 2.58. The minimum absolute atomic E-state index is 1.11. The second-order valence-electron chi connectivity index (χ2n) is 5.59. The zero-order valence-corrected chi connectivity index (χ0v) is 12.5. The summed E-state index contributed by atoms with van der Waals surface area (Å²) in [6.07, 6.45) is 8.01. The van der Waals surface area contributed by atoms with E-state index in [4.69, 9.17) is 0 Å². The van der Waals surface area contributed by atoms with Gasteiger partial charge in [0.1, 0.15) is 5.69 Å². The molecular formula is C17H30N+. The molecule has 0 saturated heterocycles. The highest BCUT2D eigenvalue weighted by molar-refractivity contribution is 5.41. The van der Waals surface area contributed by atoms with E-state index in [2.05, 4.69) is 51.2 Å². The highest BCUT2D eigenvalue weighted by atomic mass is 15.3. The number of hydrogen-bond acceptors (Lipinski definition) is 0. The first-order valence-corrected chi connectivity index (χ1v) is 7.63. The van der Waals surface area contributed by atoms with Crippen molar-refractivity contribution in [2.75, 3.05) is 20.1 Å². The minimum Gasteiger partial charge on any atom is -0.294 e. The fraction of sp³-hybridized carbons (Fsp3) is 0.647. The van der Waals surface area contributed by atoms with Crippen molar-refractivity contribution in [3.8, 4) is 0 Å². The van der Waals surface area contributed by atoms with E-state index in [0.717, 1.165) is 4.48 Å². The topological polar surface area (TPSA) is 0 Å². The molecule has 0 fully saturated rings. The summed E-state index contributed by atoms with van der Waals surface area (Å²) in [6.45, 7) is 7.12. The van der Waals surface area contributed by atoms with Crippen molar-refractivity contribution in [1.29, 1.82) is 0 Å². The number of nitrogens with zero attached hydrogens (tertiary/aromatic N) is 1. The van der Waals surface area contributed by atoms with Gasteiger partial charge < -0.3 is 0 Å². The van der Waals surface area contributed by atoms with Crippen molar-refractivity contribution in [1.82, 2.24) is 4.48 Å². The molecule has 0 bridgehead atoms. The van der Waals surface area contributed by atoms with Gasteiger partial charge in [0.25, 0.3) is 0 Å². The summed E-state index contributed by atoms with van der Waals surface area (Å²) < 4.78 is 1.11. The molecule has 0 aliphatic rings. The van der Waals surface area contributed by atoms with Crippen molar-refractivity contribution in [2.45, 2.75) is 52.4 Å². The SMILES string of the molecule is CCCCC[N+](C)(CCCCC)c1ccccc1. The lowest BCUT2D eigenvalue weighted by molar-refractivity contribution is 0.313. The van der Waals surface area contributed by atoms with Crippen molar-refractivity contribution >= 4 is 5.69 Å². The van der Waals surface area contributed by atoms with E-state index in [1.165, 1.54) is 57.3 Å². The fourth-order valence-corrected chi connectivity index (χ4v) is 2.58. The Bertz CT molecular complexity index is 295. The first kappa shape index (κ1) is 15.2. The molecule has 102 valence electrons. The second-order valence-corrected chi connectivity index (χ2v) is 5.59. The highest BCUT2D eigenvalue weighted by Gasteiger charge is 2.23. The maximum atomic E-state index is 2.40. The average Bonchev–Trinajstić information content (AvgIpc) is 2.40. The summed E-state index contributed by atoms with van der Waals surface area (Å²) in [4.78, 5) is 0. The summed E-state index contributed by atoms with van der Waals surface area (Å²) in [6, 6.07) is 11.0. The van der Waals surface area contributed by atoms with Crippen LogP contribution in [-0.4, -0.2) is 20.1 Å². The molecular weight excluding hydrogens is 218 g/mol. The maximum Gasteiger partial charge on any atom is 0.132 e. The molecule has 0 saturated carbocycles. The number of hydrogen-bond donors (Lipinski definition) is 0. The van der Waals surface area contributed by atoms with Gasteiger partial charge in [-0.2, -0.15) is 0 Å². The van der Waals surface area contributed by atoms with Crippen LogP contribution in [0.4, 0.5) is 5.69 Å². The molecule has 0 aliphatic carbocycles. The van der Waals surface area contributed by atoms with Gasteiger partial charge in [-0.1, -0.05) is 44.9 Å². The van der Waals surface area contributed by atoms with Crippen LogP contribution in [0.1, 0.15) is 52.4 Å². The Morgan fingerprint density at radius 2 is 1.28 bits per heavy atom. The van der Waals surface area contributed by atoms with Gasteiger partial charge >= 0.3 is 0 Å². The van der Waals surface area contributed by atoms with Crippen LogP contribution in [0.15, 0.2) is 30.3 Å². The van der Waals surface area contributed by atoms with Gasteiger partial charge in [-0.25, -0.2) is 0 Å². The molecule has 18 heavy (non-hydrogen) atoms. The van der Waals surface area contributed by atoms with Crippen LogP contribution in [-0.2, 0) is 0 Å². The highest BCUT2D eigenvalue weighted by Crippen LogP contribution is 2.22. The number of para-hydroxylation sites is 1. The van der Waals surface area contributed by atoms with Crippen LogP contribution < -0.4 is 4.48 Å². The van der Waals surface area contributed by atoms with Gasteiger partial charge in [0, 0.05) is 0 Å². The number of quaternary nitrogens is 1. The van der Waals surface area contributed by atoms with Crippen LogP contribution >= 0.6 is 0 Å². The van der Waals surface area contributed by atoms with Crippen LogP contribution in [0.25, 0.3) is 0 Å². The first-order valence-electron chi connectivity index (χ1n) is 7.63. The van der Waals surface area contributed by atoms with Crippen molar-refractivity contribution in [2.24, 2.45) is 0 Å². The third-order valence-electron chi connectivity index (χ3n) is 3.89. The molecule has 0 aromatic heterocycles. The molecule has 1 nitrogen and oxygen atoms in total. The standard InChI is InChI=1S/C17H30N/c1-4-6-11-15-18(3,16-12-7-5-2)17-13-9-8-10-14-17/h8-10,13-14H,4-7,11-12,15-16H2,1-3H3/q+1. The average molecular weight is 248 g/mol. The largest absolute Gasteiger partial charge is 0.294 e. The third kappa shape index (κ3) is 4.81. The Morgan fingerprint density at radius 1 is 0.778 bits per heavy atom. The monoisotopic (exact) mass is 248 g/mol. The smallest absolute Gasteiger partial charge is 0.132 e. The van der Waals surface area contributed by atoms with E-state index < -0.39 is 0 Å². The van der Waals surface area contributed by atoms with Gasteiger partial charge in [0.05, 0.1) is 20.1 Å².